The van der Waals surface area contributed by atoms with Gasteiger partial charge in [0.25, 0.3) is 11.8 Å². The van der Waals surface area contributed by atoms with Gasteiger partial charge in [0.05, 0.1) is 17.8 Å². The van der Waals surface area contributed by atoms with Gasteiger partial charge >= 0.3 is 6.18 Å². The molecule has 2 amide bonds. The zero-order valence-corrected chi connectivity index (χ0v) is 13.3. The van der Waals surface area contributed by atoms with E-state index in [0.717, 1.165) is 11.6 Å². The lowest BCUT2D eigenvalue weighted by Crippen LogP contribution is -2.39. The second-order valence-electron chi connectivity index (χ2n) is 5.27. The van der Waals surface area contributed by atoms with E-state index in [-0.39, 0.29) is 12.2 Å². The van der Waals surface area contributed by atoms with Crippen LogP contribution in [0.25, 0.3) is 0 Å². The summed E-state index contributed by atoms with van der Waals surface area (Å²) in [4.78, 5) is 23.6. The number of halogens is 3. The molecular formula is C17H16F3N3O2. The smallest absolute Gasteiger partial charge is 0.343 e. The lowest BCUT2D eigenvalue weighted by Gasteiger charge is -2.15. The third-order valence-corrected chi connectivity index (χ3v) is 3.29. The van der Waals surface area contributed by atoms with Crippen molar-refractivity contribution in [2.45, 2.75) is 13.1 Å². The fourth-order valence-electron chi connectivity index (χ4n) is 1.99. The molecule has 0 aromatic heterocycles. The number of benzene rings is 2. The summed E-state index contributed by atoms with van der Waals surface area (Å²) in [5.41, 5.74) is 4.53. The molecular weight excluding hydrogens is 335 g/mol. The maximum absolute atomic E-state index is 12.8. The van der Waals surface area contributed by atoms with Gasteiger partial charge < -0.3 is 5.32 Å². The SMILES string of the molecule is Cc1ccc(C(=O)NCC(=O)NNc2ccccc2C(F)(F)F)cc1. The van der Waals surface area contributed by atoms with Gasteiger partial charge in [0, 0.05) is 5.56 Å². The van der Waals surface area contributed by atoms with Crippen molar-refractivity contribution in [3.05, 3.63) is 65.2 Å². The first-order chi connectivity index (χ1) is 11.8. The van der Waals surface area contributed by atoms with Gasteiger partial charge in [-0.3, -0.25) is 20.4 Å². The van der Waals surface area contributed by atoms with Gasteiger partial charge in [0.1, 0.15) is 0 Å². The van der Waals surface area contributed by atoms with Crippen LogP contribution in [0.2, 0.25) is 0 Å². The van der Waals surface area contributed by atoms with Gasteiger partial charge in [-0.15, -0.1) is 0 Å². The number of para-hydroxylation sites is 1. The number of anilines is 1. The lowest BCUT2D eigenvalue weighted by atomic mass is 10.1. The van der Waals surface area contributed by atoms with E-state index in [2.05, 4.69) is 16.2 Å². The first-order valence-electron chi connectivity index (χ1n) is 7.33. The molecule has 0 aliphatic carbocycles. The zero-order valence-electron chi connectivity index (χ0n) is 13.3. The van der Waals surface area contributed by atoms with Gasteiger partial charge in [-0.05, 0) is 31.2 Å². The van der Waals surface area contributed by atoms with Crippen LogP contribution in [0.15, 0.2) is 48.5 Å². The van der Waals surface area contributed by atoms with Crippen molar-refractivity contribution in [1.29, 1.82) is 0 Å². The summed E-state index contributed by atoms with van der Waals surface area (Å²) in [5.74, 6) is -1.14. The summed E-state index contributed by atoms with van der Waals surface area (Å²) >= 11 is 0. The van der Waals surface area contributed by atoms with E-state index in [4.69, 9.17) is 0 Å². The molecule has 3 N–H and O–H groups in total. The standard InChI is InChI=1S/C17H16F3N3O2/c1-11-6-8-12(9-7-11)16(25)21-10-15(24)23-22-14-5-3-2-4-13(14)17(18,19)20/h2-9,22H,10H2,1H3,(H,21,25)(H,23,24). The third kappa shape index (κ3) is 5.23. The van der Waals surface area contributed by atoms with Crippen molar-refractivity contribution in [2.24, 2.45) is 0 Å². The second kappa shape index (κ2) is 7.69. The highest BCUT2D eigenvalue weighted by molar-refractivity contribution is 5.96. The van der Waals surface area contributed by atoms with Gasteiger partial charge in [0.15, 0.2) is 0 Å². The Morgan fingerprint density at radius 2 is 1.64 bits per heavy atom. The van der Waals surface area contributed by atoms with E-state index in [1.54, 1.807) is 24.3 Å². The Bertz CT molecular complexity index is 758. The number of carbonyl (C=O) groups excluding carboxylic acids is 2. The van der Waals surface area contributed by atoms with Crippen molar-refractivity contribution in [3.63, 3.8) is 0 Å². The minimum atomic E-state index is -4.55. The number of nitrogens with one attached hydrogen (secondary N) is 3. The molecule has 0 aliphatic heterocycles. The Morgan fingerprint density at radius 3 is 2.28 bits per heavy atom. The zero-order chi connectivity index (χ0) is 18.4. The van der Waals surface area contributed by atoms with Gasteiger partial charge in [-0.25, -0.2) is 0 Å². The third-order valence-electron chi connectivity index (χ3n) is 3.29. The number of amides is 2. The van der Waals surface area contributed by atoms with E-state index < -0.39 is 23.6 Å². The number of carbonyl (C=O) groups is 2. The van der Waals surface area contributed by atoms with Crippen LogP contribution in [0.5, 0.6) is 0 Å². The summed E-state index contributed by atoms with van der Waals surface area (Å²) in [5, 5.41) is 2.39. The summed E-state index contributed by atoms with van der Waals surface area (Å²) in [6.45, 7) is 1.49. The van der Waals surface area contributed by atoms with Gasteiger partial charge in [-0.2, -0.15) is 13.2 Å². The number of hydrogen-bond acceptors (Lipinski definition) is 3. The van der Waals surface area contributed by atoms with Crippen LogP contribution in [0.4, 0.5) is 18.9 Å². The van der Waals surface area contributed by atoms with Crippen molar-refractivity contribution >= 4 is 17.5 Å². The van der Waals surface area contributed by atoms with Crippen LogP contribution in [-0.2, 0) is 11.0 Å². The molecule has 0 spiro atoms. The molecule has 132 valence electrons. The molecule has 0 fully saturated rings. The maximum Gasteiger partial charge on any atom is 0.418 e. The van der Waals surface area contributed by atoms with Crippen molar-refractivity contribution in [2.75, 3.05) is 12.0 Å². The molecule has 0 saturated carbocycles. The molecule has 2 aromatic rings. The molecule has 25 heavy (non-hydrogen) atoms. The topological polar surface area (TPSA) is 70.2 Å². The predicted octanol–water partition coefficient (Wildman–Crippen LogP) is 2.89. The highest BCUT2D eigenvalue weighted by Crippen LogP contribution is 2.34. The highest BCUT2D eigenvalue weighted by Gasteiger charge is 2.33. The van der Waals surface area contributed by atoms with Crippen LogP contribution in [0, 0.1) is 6.92 Å². The molecule has 5 nitrogen and oxygen atoms in total. The molecule has 0 heterocycles. The summed E-state index contributed by atoms with van der Waals surface area (Å²) < 4.78 is 38.5. The summed E-state index contributed by atoms with van der Waals surface area (Å²) in [7, 11) is 0. The Hall–Kier alpha value is -3.03. The molecule has 0 saturated heterocycles. The molecule has 2 rings (SSSR count). The highest BCUT2D eigenvalue weighted by atomic mass is 19.4. The number of hydrogen-bond donors (Lipinski definition) is 3. The number of alkyl halides is 3. The predicted molar refractivity (Wildman–Crippen MR) is 86.7 cm³/mol. The molecule has 0 aliphatic rings. The first kappa shape index (κ1) is 18.3. The normalized spacial score (nSPS) is 10.9. The molecule has 0 atom stereocenters. The van der Waals surface area contributed by atoms with Gasteiger partial charge in [-0.1, -0.05) is 29.8 Å². The van der Waals surface area contributed by atoms with E-state index in [0.29, 0.717) is 5.56 Å². The number of aryl methyl sites for hydroxylation is 1. The van der Waals surface area contributed by atoms with Crippen LogP contribution >= 0.6 is 0 Å². The number of hydrazine groups is 1. The quantitative estimate of drug-likeness (QED) is 0.726. The minimum absolute atomic E-state index is 0.284. The Balaban J connectivity index is 1.87. The average Bonchev–Trinajstić information content (AvgIpc) is 2.58. The average molecular weight is 351 g/mol. The lowest BCUT2D eigenvalue weighted by molar-refractivity contribution is -0.137. The van der Waals surface area contributed by atoms with Crippen molar-refractivity contribution in [1.82, 2.24) is 10.7 Å². The fraction of sp³-hybridized carbons (Fsp3) is 0.176. The van der Waals surface area contributed by atoms with Gasteiger partial charge in [0.2, 0.25) is 0 Å². The Labute approximate surface area is 142 Å². The van der Waals surface area contributed by atoms with Crippen LogP contribution in [-0.4, -0.2) is 18.4 Å². The second-order valence-corrected chi connectivity index (χ2v) is 5.27. The molecule has 0 radical (unpaired) electrons. The van der Waals surface area contributed by atoms with E-state index in [1.165, 1.54) is 18.2 Å². The monoisotopic (exact) mass is 351 g/mol. The Kier molecular flexibility index (Phi) is 5.63. The first-order valence-corrected chi connectivity index (χ1v) is 7.33. The maximum atomic E-state index is 12.8. The summed E-state index contributed by atoms with van der Waals surface area (Å²) in [6, 6.07) is 11.5. The molecule has 8 heteroatoms. The van der Waals surface area contributed by atoms with Crippen molar-refractivity contribution in [3.8, 4) is 0 Å². The van der Waals surface area contributed by atoms with Crippen LogP contribution in [0.3, 0.4) is 0 Å². The summed E-state index contributed by atoms with van der Waals surface area (Å²) in [6.07, 6.45) is -4.55. The van der Waals surface area contributed by atoms with Crippen LogP contribution < -0.4 is 16.2 Å². The van der Waals surface area contributed by atoms with E-state index >= 15 is 0 Å². The Morgan fingerprint density at radius 1 is 1.00 bits per heavy atom. The molecule has 0 unspecified atom stereocenters. The van der Waals surface area contributed by atoms with E-state index in [1.807, 2.05) is 6.92 Å². The molecule has 0 bridgehead atoms. The number of rotatable bonds is 5. The molecule has 2 aromatic carbocycles. The van der Waals surface area contributed by atoms with E-state index in [9.17, 15) is 22.8 Å². The van der Waals surface area contributed by atoms with Crippen LogP contribution in [0.1, 0.15) is 21.5 Å². The largest absolute Gasteiger partial charge is 0.418 e. The fourth-order valence-corrected chi connectivity index (χ4v) is 1.99. The minimum Gasteiger partial charge on any atom is -0.343 e. The van der Waals surface area contributed by atoms with Crippen molar-refractivity contribution < 1.29 is 22.8 Å².